The highest BCUT2D eigenvalue weighted by Crippen LogP contribution is 2.33. The van der Waals surface area contributed by atoms with Crippen LogP contribution in [0, 0.1) is 0 Å². The van der Waals surface area contributed by atoms with Gasteiger partial charge in [0.15, 0.2) is 0 Å². The standard InChI is InChI=1S/C17H12N2O3S/c1-3-23-10(2)13-9-12(17(20)21)14-15(19-22-16(14)18-13)11-7-5-4-6-8-11/h3-9H,1-2H2,(H,20,21). The quantitative estimate of drug-likeness (QED) is 0.748. The summed E-state index contributed by atoms with van der Waals surface area (Å²) in [6, 6.07) is 10.7. The summed E-state index contributed by atoms with van der Waals surface area (Å²) in [5.41, 5.74) is 1.90. The van der Waals surface area contributed by atoms with Crippen LogP contribution in [0.15, 0.2) is 59.5 Å². The zero-order valence-corrected chi connectivity index (χ0v) is 12.8. The molecule has 114 valence electrons. The molecule has 0 aliphatic carbocycles. The van der Waals surface area contributed by atoms with Crippen molar-refractivity contribution >= 4 is 33.7 Å². The molecule has 23 heavy (non-hydrogen) atoms. The molecular weight excluding hydrogens is 312 g/mol. The number of carboxylic acids is 1. The van der Waals surface area contributed by atoms with Gasteiger partial charge in [0.2, 0.25) is 0 Å². The van der Waals surface area contributed by atoms with E-state index in [1.165, 1.54) is 17.8 Å². The number of benzene rings is 1. The Morgan fingerprint density at radius 2 is 2.04 bits per heavy atom. The highest BCUT2D eigenvalue weighted by atomic mass is 32.2. The lowest BCUT2D eigenvalue weighted by molar-refractivity contribution is 0.0699. The highest BCUT2D eigenvalue weighted by molar-refractivity contribution is 8.10. The summed E-state index contributed by atoms with van der Waals surface area (Å²) in [4.78, 5) is 16.6. The summed E-state index contributed by atoms with van der Waals surface area (Å²) in [6.07, 6.45) is 0. The molecule has 2 aromatic heterocycles. The van der Waals surface area contributed by atoms with E-state index in [0.29, 0.717) is 21.7 Å². The Bertz CT molecular complexity index is 916. The van der Waals surface area contributed by atoms with Crippen LogP contribution in [-0.4, -0.2) is 21.2 Å². The van der Waals surface area contributed by atoms with Gasteiger partial charge < -0.3 is 9.63 Å². The van der Waals surface area contributed by atoms with E-state index < -0.39 is 5.97 Å². The Hall–Kier alpha value is -2.86. The minimum absolute atomic E-state index is 0.0796. The highest BCUT2D eigenvalue weighted by Gasteiger charge is 2.21. The van der Waals surface area contributed by atoms with Gasteiger partial charge in [-0.25, -0.2) is 9.78 Å². The lowest BCUT2D eigenvalue weighted by Gasteiger charge is -2.04. The molecule has 0 bridgehead atoms. The topological polar surface area (TPSA) is 76.2 Å². The normalized spacial score (nSPS) is 10.6. The maximum absolute atomic E-state index is 11.7. The van der Waals surface area contributed by atoms with Crippen molar-refractivity contribution < 1.29 is 14.4 Å². The summed E-state index contributed by atoms with van der Waals surface area (Å²) in [6.45, 7) is 7.47. The number of aromatic carboxylic acids is 1. The van der Waals surface area contributed by atoms with E-state index >= 15 is 0 Å². The molecular formula is C17H12N2O3S. The molecule has 6 heteroatoms. The van der Waals surface area contributed by atoms with Crippen LogP contribution >= 0.6 is 11.8 Å². The van der Waals surface area contributed by atoms with E-state index in [4.69, 9.17) is 4.52 Å². The first kappa shape index (κ1) is 15.1. The molecule has 0 aliphatic heterocycles. The fraction of sp³-hybridized carbons (Fsp3) is 0. The summed E-state index contributed by atoms with van der Waals surface area (Å²) >= 11 is 1.27. The molecule has 2 heterocycles. The monoisotopic (exact) mass is 324 g/mol. The van der Waals surface area contributed by atoms with Crippen molar-refractivity contribution in [2.75, 3.05) is 0 Å². The Morgan fingerprint density at radius 1 is 1.30 bits per heavy atom. The number of thioether (sulfide) groups is 1. The number of nitrogens with zero attached hydrogens (tertiary/aromatic N) is 2. The van der Waals surface area contributed by atoms with Crippen molar-refractivity contribution in [2.45, 2.75) is 0 Å². The Balaban J connectivity index is 2.26. The first-order valence-corrected chi connectivity index (χ1v) is 7.55. The third-order valence-electron chi connectivity index (χ3n) is 3.24. The minimum atomic E-state index is -1.07. The zero-order chi connectivity index (χ0) is 16.4. The number of hydrogen-bond acceptors (Lipinski definition) is 5. The van der Waals surface area contributed by atoms with Crippen molar-refractivity contribution in [1.29, 1.82) is 0 Å². The smallest absolute Gasteiger partial charge is 0.336 e. The maximum Gasteiger partial charge on any atom is 0.336 e. The predicted octanol–water partition coefficient (Wildman–Crippen LogP) is 4.44. The average molecular weight is 324 g/mol. The van der Waals surface area contributed by atoms with Gasteiger partial charge in [0.25, 0.3) is 5.71 Å². The first-order chi connectivity index (χ1) is 11.1. The number of pyridine rings is 1. The van der Waals surface area contributed by atoms with Gasteiger partial charge in [-0.05, 0) is 11.5 Å². The molecule has 0 aliphatic rings. The summed E-state index contributed by atoms with van der Waals surface area (Å²) in [7, 11) is 0. The number of aromatic nitrogens is 2. The van der Waals surface area contributed by atoms with Crippen LogP contribution < -0.4 is 0 Å². The number of fused-ring (bicyclic) bond motifs is 1. The maximum atomic E-state index is 11.7. The van der Waals surface area contributed by atoms with Gasteiger partial charge in [0, 0.05) is 10.5 Å². The van der Waals surface area contributed by atoms with Crippen molar-refractivity contribution in [2.24, 2.45) is 0 Å². The second kappa shape index (κ2) is 6.10. The van der Waals surface area contributed by atoms with Gasteiger partial charge >= 0.3 is 5.97 Å². The molecule has 5 nitrogen and oxygen atoms in total. The lowest BCUT2D eigenvalue weighted by Crippen LogP contribution is -2.00. The van der Waals surface area contributed by atoms with Crippen molar-refractivity contribution in [3.8, 4) is 11.3 Å². The third-order valence-corrected chi connectivity index (χ3v) is 3.90. The van der Waals surface area contributed by atoms with Gasteiger partial charge in [0.1, 0.15) is 5.69 Å². The van der Waals surface area contributed by atoms with E-state index in [-0.39, 0.29) is 11.3 Å². The molecule has 3 rings (SSSR count). The van der Waals surface area contributed by atoms with Crippen LogP contribution in [0.4, 0.5) is 0 Å². The van der Waals surface area contributed by atoms with Gasteiger partial charge in [-0.3, -0.25) is 0 Å². The van der Waals surface area contributed by atoms with Gasteiger partial charge in [-0.2, -0.15) is 0 Å². The van der Waals surface area contributed by atoms with E-state index in [9.17, 15) is 9.90 Å². The second-order valence-electron chi connectivity index (χ2n) is 4.65. The van der Waals surface area contributed by atoms with Crippen LogP contribution in [0.3, 0.4) is 0 Å². The predicted molar refractivity (Wildman–Crippen MR) is 91.0 cm³/mol. The minimum Gasteiger partial charge on any atom is -0.478 e. The summed E-state index contributed by atoms with van der Waals surface area (Å²) in [5.74, 6) is -1.07. The summed E-state index contributed by atoms with van der Waals surface area (Å²) < 4.78 is 5.26. The molecule has 0 spiro atoms. The molecule has 0 amide bonds. The van der Waals surface area contributed by atoms with Crippen LogP contribution in [0.1, 0.15) is 16.1 Å². The summed E-state index contributed by atoms with van der Waals surface area (Å²) in [5, 5.41) is 15.5. The van der Waals surface area contributed by atoms with Gasteiger partial charge in [-0.1, -0.05) is 60.4 Å². The fourth-order valence-electron chi connectivity index (χ4n) is 2.22. The molecule has 1 N–H and O–H groups in total. The molecule has 0 radical (unpaired) electrons. The SMILES string of the molecule is C=CSC(=C)c1cc(C(=O)O)c2c(-c3ccccc3)noc2n1. The van der Waals surface area contributed by atoms with Crippen molar-refractivity contribution in [1.82, 2.24) is 10.1 Å². The number of carbonyl (C=O) groups is 1. The Morgan fingerprint density at radius 3 is 2.70 bits per heavy atom. The number of hydrogen-bond donors (Lipinski definition) is 1. The van der Waals surface area contributed by atoms with Gasteiger partial charge in [-0.15, -0.1) is 0 Å². The zero-order valence-electron chi connectivity index (χ0n) is 12.0. The van der Waals surface area contributed by atoms with E-state index in [1.54, 1.807) is 5.41 Å². The number of rotatable bonds is 5. The molecule has 0 atom stereocenters. The van der Waals surface area contributed by atoms with Crippen LogP contribution in [0.2, 0.25) is 0 Å². The van der Waals surface area contributed by atoms with Crippen LogP contribution in [0.25, 0.3) is 27.3 Å². The largest absolute Gasteiger partial charge is 0.478 e. The number of carboxylic acid groups (broad SMARTS) is 1. The van der Waals surface area contributed by atoms with E-state index in [1.807, 2.05) is 30.3 Å². The second-order valence-corrected chi connectivity index (χ2v) is 5.71. The third kappa shape index (κ3) is 2.76. The first-order valence-electron chi connectivity index (χ1n) is 6.67. The van der Waals surface area contributed by atoms with E-state index in [2.05, 4.69) is 23.3 Å². The molecule has 0 fully saturated rings. The van der Waals surface area contributed by atoms with Crippen molar-refractivity contribution in [3.05, 3.63) is 66.2 Å². The average Bonchev–Trinajstić information content (AvgIpc) is 2.98. The van der Waals surface area contributed by atoms with Gasteiger partial charge in [0.05, 0.1) is 16.6 Å². The Labute approximate surface area is 136 Å². The van der Waals surface area contributed by atoms with E-state index in [0.717, 1.165) is 5.56 Å². The molecule has 0 saturated heterocycles. The Kier molecular flexibility index (Phi) is 3.99. The van der Waals surface area contributed by atoms with Crippen LogP contribution in [-0.2, 0) is 0 Å². The van der Waals surface area contributed by atoms with Crippen LogP contribution in [0.5, 0.6) is 0 Å². The molecule has 3 aromatic rings. The van der Waals surface area contributed by atoms with Crippen molar-refractivity contribution in [3.63, 3.8) is 0 Å². The molecule has 0 unspecified atom stereocenters. The lowest BCUT2D eigenvalue weighted by atomic mass is 10.0. The fourth-order valence-corrected chi connectivity index (χ4v) is 2.64. The molecule has 0 saturated carbocycles. The molecule has 1 aromatic carbocycles.